The molecule has 0 amide bonds. The smallest absolute Gasteiger partial charge is 0.317 e. The SMILES string of the molecule is CCOC(=O)CC#Cc1cncc(Cl)c1. The van der Waals surface area contributed by atoms with Gasteiger partial charge in [0.05, 0.1) is 11.6 Å². The van der Waals surface area contributed by atoms with Crippen LogP contribution in [0.4, 0.5) is 0 Å². The zero-order valence-electron chi connectivity index (χ0n) is 8.29. The fourth-order valence-corrected chi connectivity index (χ4v) is 1.08. The van der Waals surface area contributed by atoms with E-state index in [4.69, 9.17) is 16.3 Å². The van der Waals surface area contributed by atoms with E-state index in [0.717, 1.165) is 0 Å². The van der Waals surface area contributed by atoms with Crippen molar-refractivity contribution in [1.29, 1.82) is 0 Å². The molecule has 4 heteroatoms. The summed E-state index contributed by atoms with van der Waals surface area (Å²) in [6, 6.07) is 1.69. The average molecular weight is 224 g/mol. The molecule has 0 unspecified atom stereocenters. The Bertz CT molecular complexity index is 407. The van der Waals surface area contributed by atoms with Gasteiger partial charge in [-0.2, -0.15) is 0 Å². The molecule has 0 saturated heterocycles. The lowest BCUT2D eigenvalue weighted by atomic mass is 10.3. The highest BCUT2D eigenvalue weighted by molar-refractivity contribution is 6.30. The van der Waals surface area contributed by atoms with Crippen LogP contribution < -0.4 is 0 Å². The zero-order chi connectivity index (χ0) is 11.1. The Hall–Kier alpha value is -1.53. The summed E-state index contributed by atoms with van der Waals surface area (Å²) in [5.41, 5.74) is 0.687. The molecule has 1 aromatic heterocycles. The van der Waals surface area contributed by atoms with Crippen molar-refractivity contribution in [2.45, 2.75) is 13.3 Å². The largest absolute Gasteiger partial charge is 0.465 e. The normalized spacial score (nSPS) is 8.93. The van der Waals surface area contributed by atoms with Gasteiger partial charge < -0.3 is 4.74 Å². The quantitative estimate of drug-likeness (QED) is 0.569. The molecular weight excluding hydrogens is 214 g/mol. The predicted octanol–water partition coefficient (Wildman–Crippen LogP) is 2.04. The number of carbonyl (C=O) groups is 1. The van der Waals surface area contributed by atoms with Gasteiger partial charge in [-0.3, -0.25) is 9.78 Å². The predicted molar refractivity (Wildman–Crippen MR) is 57.4 cm³/mol. The van der Waals surface area contributed by atoms with Crippen LogP contribution >= 0.6 is 11.6 Å². The molecule has 15 heavy (non-hydrogen) atoms. The molecule has 0 aliphatic heterocycles. The van der Waals surface area contributed by atoms with E-state index >= 15 is 0 Å². The average Bonchev–Trinajstić information content (AvgIpc) is 2.18. The third kappa shape index (κ3) is 4.48. The number of esters is 1. The Balaban J connectivity index is 2.55. The summed E-state index contributed by atoms with van der Waals surface area (Å²) in [6.45, 7) is 2.13. The minimum Gasteiger partial charge on any atom is -0.465 e. The van der Waals surface area contributed by atoms with Crippen LogP contribution in [0.3, 0.4) is 0 Å². The number of rotatable bonds is 2. The fourth-order valence-electron chi connectivity index (χ4n) is 0.911. The molecular formula is C11H10ClNO2. The second kappa shape index (κ2) is 6.05. The van der Waals surface area contributed by atoms with Crippen LogP contribution in [0.2, 0.25) is 5.02 Å². The molecule has 0 radical (unpaired) electrons. The van der Waals surface area contributed by atoms with Crippen molar-refractivity contribution < 1.29 is 9.53 Å². The maximum Gasteiger partial charge on any atom is 0.317 e. The van der Waals surface area contributed by atoms with E-state index < -0.39 is 0 Å². The van der Waals surface area contributed by atoms with Crippen molar-refractivity contribution >= 4 is 17.6 Å². The molecule has 0 saturated carbocycles. The van der Waals surface area contributed by atoms with E-state index in [-0.39, 0.29) is 12.4 Å². The summed E-state index contributed by atoms with van der Waals surface area (Å²) in [6.07, 6.45) is 3.20. The van der Waals surface area contributed by atoms with E-state index in [2.05, 4.69) is 16.8 Å². The standard InChI is InChI=1S/C11H10ClNO2/c1-2-15-11(14)5-3-4-9-6-10(12)8-13-7-9/h6-8H,2,5H2,1H3. The third-order valence-electron chi connectivity index (χ3n) is 1.48. The topological polar surface area (TPSA) is 39.2 Å². The van der Waals surface area contributed by atoms with Crippen molar-refractivity contribution in [3.63, 3.8) is 0 Å². The van der Waals surface area contributed by atoms with Gasteiger partial charge >= 0.3 is 5.97 Å². The first-order chi connectivity index (χ1) is 7.22. The molecule has 1 aromatic rings. The van der Waals surface area contributed by atoms with E-state index in [0.29, 0.717) is 17.2 Å². The van der Waals surface area contributed by atoms with Gasteiger partial charge in [-0.1, -0.05) is 23.4 Å². The van der Waals surface area contributed by atoms with E-state index in [1.807, 2.05) is 0 Å². The van der Waals surface area contributed by atoms with Crippen molar-refractivity contribution in [1.82, 2.24) is 4.98 Å². The van der Waals surface area contributed by atoms with Crippen LogP contribution in [-0.2, 0) is 9.53 Å². The van der Waals surface area contributed by atoms with E-state index in [9.17, 15) is 4.79 Å². The first-order valence-corrected chi connectivity index (χ1v) is 4.85. The van der Waals surface area contributed by atoms with E-state index in [1.54, 1.807) is 19.2 Å². The first kappa shape index (κ1) is 11.5. The molecule has 0 atom stereocenters. The number of nitrogens with zero attached hydrogens (tertiary/aromatic N) is 1. The van der Waals surface area contributed by atoms with Crippen LogP contribution in [0.1, 0.15) is 18.9 Å². The number of aromatic nitrogens is 1. The zero-order valence-corrected chi connectivity index (χ0v) is 9.04. The molecule has 0 aliphatic carbocycles. The molecule has 78 valence electrons. The molecule has 0 spiro atoms. The highest BCUT2D eigenvalue weighted by Gasteiger charge is 1.96. The van der Waals surface area contributed by atoms with Crippen molar-refractivity contribution in [2.75, 3.05) is 6.61 Å². The summed E-state index contributed by atoms with van der Waals surface area (Å²) >= 11 is 5.71. The Kier molecular flexibility index (Phi) is 4.65. The number of carbonyl (C=O) groups excluding carboxylic acids is 1. The molecule has 0 N–H and O–H groups in total. The number of hydrogen-bond donors (Lipinski definition) is 0. The Labute approximate surface area is 93.4 Å². The Morgan fingerprint density at radius 3 is 3.07 bits per heavy atom. The third-order valence-corrected chi connectivity index (χ3v) is 1.68. The number of ether oxygens (including phenoxy) is 1. The van der Waals surface area contributed by atoms with Crippen LogP contribution in [0.25, 0.3) is 0 Å². The molecule has 3 nitrogen and oxygen atoms in total. The number of pyridine rings is 1. The lowest BCUT2D eigenvalue weighted by Crippen LogP contribution is -2.01. The monoisotopic (exact) mass is 223 g/mol. The van der Waals surface area contributed by atoms with Crippen LogP contribution in [0, 0.1) is 11.8 Å². The van der Waals surface area contributed by atoms with Gasteiger partial charge in [0, 0.05) is 18.0 Å². The minimum absolute atomic E-state index is 0.0837. The number of halogens is 1. The fraction of sp³-hybridized carbons (Fsp3) is 0.273. The van der Waals surface area contributed by atoms with Gasteiger partial charge in [0.2, 0.25) is 0 Å². The molecule has 1 heterocycles. The van der Waals surface area contributed by atoms with Crippen molar-refractivity contribution in [2.24, 2.45) is 0 Å². The lowest BCUT2D eigenvalue weighted by molar-refractivity contribution is -0.141. The van der Waals surface area contributed by atoms with Crippen molar-refractivity contribution in [3.8, 4) is 11.8 Å². The highest BCUT2D eigenvalue weighted by Crippen LogP contribution is 2.06. The lowest BCUT2D eigenvalue weighted by Gasteiger charge is -1.94. The van der Waals surface area contributed by atoms with Gasteiger partial charge in [0.15, 0.2) is 0 Å². The second-order valence-electron chi connectivity index (χ2n) is 2.68. The maximum absolute atomic E-state index is 10.9. The maximum atomic E-state index is 10.9. The Morgan fingerprint density at radius 1 is 1.60 bits per heavy atom. The van der Waals surface area contributed by atoms with Crippen LogP contribution in [0.5, 0.6) is 0 Å². The van der Waals surface area contributed by atoms with Crippen LogP contribution in [0.15, 0.2) is 18.5 Å². The van der Waals surface area contributed by atoms with Crippen molar-refractivity contribution in [3.05, 3.63) is 29.0 Å². The summed E-state index contributed by atoms with van der Waals surface area (Å²) in [5.74, 6) is 5.15. The van der Waals surface area contributed by atoms with Crippen LogP contribution in [-0.4, -0.2) is 17.6 Å². The second-order valence-corrected chi connectivity index (χ2v) is 3.11. The molecule has 0 aromatic carbocycles. The summed E-state index contributed by atoms with van der Waals surface area (Å²) in [7, 11) is 0. The van der Waals surface area contributed by atoms with E-state index in [1.165, 1.54) is 6.20 Å². The van der Waals surface area contributed by atoms with Gasteiger partial charge in [-0.25, -0.2) is 0 Å². The summed E-state index contributed by atoms with van der Waals surface area (Å²) in [4.78, 5) is 14.8. The Morgan fingerprint density at radius 2 is 2.40 bits per heavy atom. The van der Waals surface area contributed by atoms with Gasteiger partial charge in [-0.15, -0.1) is 0 Å². The van der Waals surface area contributed by atoms with Gasteiger partial charge in [-0.05, 0) is 13.0 Å². The van der Waals surface area contributed by atoms with Gasteiger partial charge in [0.25, 0.3) is 0 Å². The number of hydrogen-bond acceptors (Lipinski definition) is 3. The molecule has 1 rings (SSSR count). The van der Waals surface area contributed by atoms with Gasteiger partial charge in [0.1, 0.15) is 6.42 Å². The first-order valence-electron chi connectivity index (χ1n) is 4.47. The molecule has 0 fully saturated rings. The summed E-state index contributed by atoms with van der Waals surface area (Å²) in [5, 5.41) is 0.526. The molecule has 0 bridgehead atoms. The summed E-state index contributed by atoms with van der Waals surface area (Å²) < 4.78 is 4.72. The molecule has 0 aliphatic rings. The minimum atomic E-state index is -0.319. The highest BCUT2D eigenvalue weighted by atomic mass is 35.5.